The van der Waals surface area contributed by atoms with Gasteiger partial charge in [0.25, 0.3) is 0 Å². The first-order chi connectivity index (χ1) is 7.90. The molecule has 2 nitrogen and oxygen atoms in total. The van der Waals surface area contributed by atoms with Gasteiger partial charge in [-0.25, -0.2) is 0 Å². The van der Waals surface area contributed by atoms with Gasteiger partial charge in [0.05, 0.1) is 12.0 Å². The highest BCUT2D eigenvalue weighted by Gasteiger charge is 2.13. The number of nitrogens with one attached hydrogen (secondary N) is 1. The Morgan fingerprint density at radius 1 is 1.44 bits per heavy atom. The van der Waals surface area contributed by atoms with Gasteiger partial charge in [-0.2, -0.15) is 11.8 Å². The minimum absolute atomic E-state index is 0.882. The Kier molecular flexibility index (Phi) is 5.00. The Balaban J connectivity index is 1.71. The van der Waals surface area contributed by atoms with E-state index in [-0.39, 0.29) is 0 Å². The fourth-order valence-corrected chi connectivity index (χ4v) is 3.99. The van der Waals surface area contributed by atoms with E-state index in [1.807, 2.05) is 6.07 Å². The molecule has 1 aromatic rings. The van der Waals surface area contributed by atoms with Crippen LogP contribution >= 0.6 is 23.1 Å². The Labute approximate surface area is 106 Å². The zero-order chi connectivity index (χ0) is 11.2. The molecule has 1 fully saturated rings. The summed E-state index contributed by atoms with van der Waals surface area (Å²) in [6.07, 6.45) is 2.75. The molecule has 0 radical (unpaired) electrons. The minimum Gasteiger partial charge on any atom is -0.496 e. The molecule has 4 heteroatoms. The van der Waals surface area contributed by atoms with Crippen LogP contribution in [-0.2, 0) is 6.54 Å². The van der Waals surface area contributed by atoms with Gasteiger partial charge >= 0.3 is 0 Å². The highest BCUT2D eigenvalue weighted by Crippen LogP contribution is 2.25. The van der Waals surface area contributed by atoms with Crippen molar-refractivity contribution in [1.82, 2.24) is 5.32 Å². The maximum atomic E-state index is 5.29. The number of ether oxygens (including phenoxy) is 1. The van der Waals surface area contributed by atoms with Crippen molar-refractivity contribution in [3.8, 4) is 5.75 Å². The van der Waals surface area contributed by atoms with Gasteiger partial charge in [-0.3, -0.25) is 0 Å². The van der Waals surface area contributed by atoms with Crippen LogP contribution in [0.4, 0.5) is 0 Å². The SMILES string of the molecule is COc1ccsc1CNCC1CCSCC1. The van der Waals surface area contributed by atoms with E-state index in [9.17, 15) is 0 Å². The maximum Gasteiger partial charge on any atom is 0.134 e. The van der Waals surface area contributed by atoms with Crippen molar-refractivity contribution < 1.29 is 4.74 Å². The summed E-state index contributed by atoms with van der Waals surface area (Å²) in [5.41, 5.74) is 0. The van der Waals surface area contributed by atoms with E-state index in [0.717, 1.165) is 24.8 Å². The molecular formula is C12H19NOS2. The highest BCUT2D eigenvalue weighted by molar-refractivity contribution is 7.99. The van der Waals surface area contributed by atoms with Gasteiger partial charge in [0.1, 0.15) is 5.75 Å². The summed E-state index contributed by atoms with van der Waals surface area (Å²) < 4.78 is 5.29. The number of rotatable bonds is 5. The molecule has 0 bridgehead atoms. The van der Waals surface area contributed by atoms with Gasteiger partial charge in [-0.05, 0) is 48.3 Å². The average Bonchev–Trinajstić information content (AvgIpc) is 2.78. The summed E-state index contributed by atoms with van der Waals surface area (Å²) >= 11 is 3.86. The van der Waals surface area contributed by atoms with Crippen LogP contribution < -0.4 is 10.1 Å². The third-order valence-corrected chi connectivity index (χ3v) is 4.93. The summed E-state index contributed by atoms with van der Waals surface area (Å²) in [5.74, 6) is 4.59. The highest BCUT2D eigenvalue weighted by atomic mass is 32.2. The van der Waals surface area contributed by atoms with Gasteiger partial charge in [0.15, 0.2) is 0 Å². The van der Waals surface area contributed by atoms with Gasteiger partial charge in [0, 0.05) is 6.54 Å². The minimum atomic E-state index is 0.882. The smallest absolute Gasteiger partial charge is 0.134 e. The van der Waals surface area contributed by atoms with Crippen LogP contribution in [-0.4, -0.2) is 25.2 Å². The van der Waals surface area contributed by atoms with E-state index in [1.54, 1.807) is 18.4 Å². The summed E-state index contributed by atoms with van der Waals surface area (Å²) in [7, 11) is 1.74. The first-order valence-electron chi connectivity index (χ1n) is 5.79. The fraction of sp³-hybridized carbons (Fsp3) is 0.667. The number of hydrogen-bond acceptors (Lipinski definition) is 4. The van der Waals surface area contributed by atoms with Crippen molar-refractivity contribution in [2.75, 3.05) is 25.2 Å². The van der Waals surface area contributed by atoms with Crippen molar-refractivity contribution in [2.45, 2.75) is 19.4 Å². The molecular weight excluding hydrogens is 238 g/mol. The largest absolute Gasteiger partial charge is 0.496 e. The standard InChI is InChI=1S/C12H19NOS2/c1-14-11-4-7-16-12(11)9-13-8-10-2-5-15-6-3-10/h4,7,10,13H,2-3,5-6,8-9H2,1H3. The monoisotopic (exact) mass is 257 g/mol. The van der Waals surface area contributed by atoms with Crippen LogP contribution in [0, 0.1) is 5.92 Å². The van der Waals surface area contributed by atoms with Gasteiger partial charge in [-0.1, -0.05) is 0 Å². The molecule has 0 unspecified atom stereocenters. The van der Waals surface area contributed by atoms with Crippen LogP contribution in [0.1, 0.15) is 17.7 Å². The first-order valence-corrected chi connectivity index (χ1v) is 7.82. The molecule has 90 valence electrons. The Morgan fingerprint density at radius 3 is 3.00 bits per heavy atom. The predicted molar refractivity (Wildman–Crippen MR) is 72.6 cm³/mol. The molecule has 0 atom stereocenters. The third-order valence-electron chi connectivity index (χ3n) is 2.98. The zero-order valence-corrected chi connectivity index (χ0v) is 11.3. The lowest BCUT2D eigenvalue weighted by Crippen LogP contribution is -2.25. The van der Waals surface area contributed by atoms with Gasteiger partial charge in [-0.15, -0.1) is 11.3 Å². The van der Waals surface area contributed by atoms with Crippen LogP contribution in [0.15, 0.2) is 11.4 Å². The lowest BCUT2D eigenvalue weighted by atomic mass is 10.0. The molecule has 0 saturated carbocycles. The quantitative estimate of drug-likeness (QED) is 0.876. The normalized spacial score (nSPS) is 17.6. The molecule has 1 aromatic heterocycles. The second kappa shape index (κ2) is 6.52. The molecule has 1 aliphatic heterocycles. The topological polar surface area (TPSA) is 21.3 Å². The van der Waals surface area contributed by atoms with Crippen molar-refractivity contribution in [1.29, 1.82) is 0 Å². The third kappa shape index (κ3) is 3.40. The van der Waals surface area contributed by atoms with Crippen molar-refractivity contribution in [2.24, 2.45) is 5.92 Å². The van der Waals surface area contributed by atoms with Crippen LogP contribution in [0.25, 0.3) is 0 Å². The Bertz CT molecular complexity index is 308. The average molecular weight is 257 g/mol. The molecule has 0 amide bonds. The first kappa shape index (κ1) is 12.3. The summed E-state index contributed by atoms with van der Waals surface area (Å²) in [5, 5.41) is 5.64. The van der Waals surface area contributed by atoms with Crippen molar-refractivity contribution in [3.63, 3.8) is 0 Å². The van der Waals surface area contributed by atoms with Gasteiger partial charge < -0.3 is 10.1 Å². The van der Waals surface area contributed by atoms with E-state index in [2.05, 4.69) is 22.5 Å². The molecule has 0 aromatic carbocycles. The number of methoxy groups -OCH3 is 1. The summed E-state index contributed by atoms with van der Waals surface area (Å²) in [6, 6.07) is 2.04. The predicted octanol–water partition coefficient (Wildman–Crippen LogP) is 2.99. The summed E-state index contributed by atoms with van der Waals surface area (Å²) in [4.78, 5) is 1.31. The second-order valence-electron chi connectivity index (χ2n) is 4.10. The van der Waals surface area contributed by atoms with E-state index in [4.69, 9.17) is 4.74 Å². The molecule has 0 spiro atoms. The number of thiophene rings is 1. The van der Waals surface area contributed by atoms with Crippen molar-refractivity contribution in [3.05, 3.63) is 16.3 Å². The Morgan fingerprint density at radius 2 is 2.25 bits per heavy atom. The molecule has 1 aliphatic rings. The molecule has 1 N–H and O–H groups in total. The second-order valence-corrected chi connectivity index (χ2v) is 6.32. The number of hydrogen-bond donors (Lipinski definition) is 1. The molecule has 2 heterocycles. The fourth-order valence-electron chi connectivity index (χ4n) is 1.98. The van der Waals surface area contributed by atoms with E-state index in [1.165, 1.54) is 29.2 Å². The lowest BCUT2D eigenvalue weighted by molar-refractivity contribution is 0.406. The van der Waals surface area contributed by atoms with Crippen LogP contribution in [0.3, 0.4) is 0 Å². The molecule has 2 rings (SSSR count). The van der Waals surface area contributed by atoms with E-state index in [0.29, 0.717) is 0 Å². The lowest BCUT2D eigenvalue weighted by Gasteiger charge is -2.21. The van der Waals surface area contributed by atoms with E-state index >= 15 is 0 Å². The van der Waals surface area contributed by atoms with Crippen LogP contribution in [0.2, 0.25) is 0 Å². The van der Waals surface area contributed by atoms with Crippen molar-refractivity contribution >= 4 is 23.1 Å². The molecule has 16 heavy (non-hydrogen) atoms. The zero-order valence-electron chi connectivity index (χ0n) is 9.70. The van der Waals surface area contributed by atoms with Crippen LogP contribution in [0.5, 0.6) is 5.75 Å². The summed E-state index contributed by atoms with van der Waals surface area (Å²) in [6.45, 7) is 2.10. The molecule has 1 saturated heterocycles. The molecule has 0 aliphatic carbocycles. The number of thioether (sulfide) groups is 1. The Hall–Kier alpha value is -0.190. The van der Waals surface area contributed by atoms with E-state index < -0.39 is 0 Å². The van der Waals surface area contributed by atoms with Gasteiger partial charge in [0.2, 0.25) is 0 Å². The maximum absolute atomic E-state index is 5.29.